The fourth-order valence-corrected chi connectivity index (χ4v) is 1.93. The largest absolute Gasteiger partial charge is 0.353 e. The molecule has 0 atom stereocenters. The van der Waals surface area contributed by atoms with Crippen molar-refractivity contribution in [2.75, 3.05) is 11.9 Å². The number of rotatable bonds is 6. The molecule has 0 unspecified atom stereocenters. The van der Waals surface area contributed by atoms with Crippen LogP contribution in [0.2, 0.25) is 0 Å². The fourth-order valence-electron chi connectivity index (χ4n) is 1.93. The lowest BCUT2D eigenvalue weighted by atomic mass is 10.3. The SMILES string of the molecule is c1ccc(-n2nnnc2NCCCc2ncc[nH]2)cc1. The first-order valence-corrected chi connectivity index (χ1v) is 6.49. The molecule has 7 nitrogen and oxygen atoms in total. The Hall–Kier alpha value is -2.70. The molecular weight excluding hydrogens is 254 g/mol. The third-order valence-electron chi connectivity index (χ3n) is 2.90. The first kappa shape index (κ1) is 12.3. The van der Waals surface area contributed by atoms with Gasteiger partial charge in [-0.3, -0.25) is 0 Å². The number of benzene rings is 1. The molecule has 20 heavy (non-hydrogen) atoms. The van der Waals surface area contributed by atoms with Gasteiger partial charge in [-0.25, -0.2) is 4.98 Å². The highest BCUT2D eigenvalue weighted by atomic mass is 15.6. The minimum Gasteiger partial charge on any atom is -0.353 e. The molecule has 1 aromatic carbocycles. The summed E-state index contributed by atoms with van der Waals surface area (Å²) in [4.78, 5) is 7.27. The van der Waals surface area contributed by atoms with Crippen molar-refractivity contribution in [2.24, 2.45) is 0 Å². The number of imidazole rings is 1. The maximum absolute atomic E-state index is 4.19. The van der Waals surface area contributed by atoms with E-state index in [4.69, 9.17) is 0 Å². The molecule has 2 N–H and O–H groups in total. The molecule has 102 valence electrons. The average Bonchev–Trinajstić information content (AvgIpc) is 3.16. The predicted molar refractivity (Wildman–Crippen MR) is 74.6 cm³/mol. The molecule has 2 heterocycles. The van der Waals surface area contributed by atoms with Gasteiger partial charge >= 0.3 is 0 Å². The highest BCUT2D eigenvalue weighted by Gasteiger charge is 2.06. The second-order valence-corrected chi connectivity index (χ2v) is 4.32. The van der Waals surface area contributed by atoms with Gasteiger partial charge in [-0.05, 0) is 29.0 Å². The summed E-state index contributed by atoms with van der Waals surface area (Å²) >= 11 is 0. The summed E-state index contributed by atoms with van der Waals surface area (Å²) in [6.45, 7) is 0.786. The molecule has 0 aliphatic rings. The van der Waals surface area contributed by atoms with E-state index in [1.807, 2.05) is 36.5 Å². The zero-order valence-electron chi connectivity index (χ0n) is 10.9. The molecule has 0 saturated carbocycles. The van der Waals surface area contributed by atoms with E-state index in [2.05, 4.69) is 30.8 Å². The summed E-state index contributed by atoms with van der Waals surface area (Å²) in [6, 6.07) is 9.80. The summed E-state index contributed by atoms with van der Waals surface area (Å²) in [5.41, 5.74) is 0.936. The van der Waals surface area contributed by atoms with Gasteiger partial charge < -0.3 is 10.3 Å². The summed E-state index contributed by atoms with van der Waals surface area (Å²) in [6.07, 6.45) is 5.44. The molecule has 0 spiro atoms. The van der Waals surface area contributed by atoms with Crippen molar-refractivity contribution in [3.63, 3.8) is 0 Å². The molecule has 0 aliphatic carbocycles. The maximum atomic E-state index is 4.19. The van der Waals surface area contributed by atoms with Crippen molar-refractivity contribution in [1.82, 2.24) is 30.2 Å². The first-order valence-electron chi connectivity index (χ1n) is 6.49. The Labute approximate surface area is 116 Å². The van der Waals surface area contributed by atoms with Gasteiger partial charge in [0.25, 0.3) is 0 Å². The normalized spacial score (nSPS) is 10.6. The van der Waals surface area contributed by atoms with E-state index >= 15 is 0 Å². The van der Waals surface area contributed by atoms with Gasteiger partial charge in [-0.2, -0.15) is 4.68 Å². The molecular formula is C13H15N7. The van der Waals surface area contributed by atoms with E-state index in [1.54, 1.807) is 10.9 Å². The van der Waals surface area contributed by atoms with E-state index in [0.29, 0.717) is 5.95 Å². The van der Waals surface area contributed by atoms with Crippen molar-refractivity contribution in [2.45, 2.75) is 12.8 Å². The number of tetrazole rings is 1. The minimum absolute atomic E-state index is 0.649. The lowest BCUT2D eigenvalue weighted by Gasteiger charge is -2.06. The van der Waals surface area contributed by atoms with Gasteiger partial charge in [0.1, 0.15) is 5.82 Å². The molecule has 0 bridgehead atoms. The van der Waals surface area contributed by atoms with Gasteiger partial charge in [0.15, 0.2) is 0 Å². The summed E-state index contributed by atoms with van der Waals surface area (Å²) in [7, 11) is 0. The smallest absolute Gasteiger partial charge is 0.247 e. The Morgan fingerprint density at radius 2 is 2.10 bits per heavy atom. The van der Waals surface area contributed by atoms with Crippen LogP contribution in [0.25, 0.3) is 5.69 Å². The number of H-pyrrole nitrogens is 1. The Kier molecular flexibility index (Phi) is 3.68. The Morgan fingerprint density at radius 1 is 1.20 bits per heavy atom. The monoisotopic (exact) mass is 269 g/mol. The van der Waals surface area contributed by atoms with E-state index in [0.717, 1.165) is 30.9 Å². The van der Waals surface area contributed by atoms with Crippen LogP contribution in [0.15, 0.2) is 42.7 Å². The third-order valence-corrected chi connectivity index (χ3v) is 2.90. The molecule has 3 aromatic rings. The quantitative estimate of drug-likeness (QED) is 0.661. The van der Waals surface area contributed by atoms with Gasteiger partial charge in [-0.1, -0.05) is 23.3 Å². The zero-order valence-corrected chi connectivity index (χ0v) is 10.9. The van der Waals surface area contributed by atoms with E-state index in [9.17, 15) is 0 Å². The first-order chi connectivity index (χ1) is 9.93. The highest BCUT2D eigenvalue weighted by Crippen LogP contribution is 2.10. The topological polar surface area (TPSA) is 84.3 Å². The van der Waals surface area contributed by atoms with Crippen LogP contribution in [-0.2, 0) is 6.42 Å². The minimum atomic E-state index is 0.649. The number of nitrogens with zero attached hydrogens (tertiary/aromatic N) is 5. The molecule has 0 aliphatic heterocycles. The van der Waals surface area contributed by atoms with Crippen LogP contribution in [0.3, 0.4) is 0 Å². The van der Waals surface area contributed by atoms with Crippen molar-refractivity contribution >= 4 is 5.95 Å². The van der Waals surface area contributed by atoms with Crippen LogP contribution < -0.4 is 5.32 Å². The number of aromatic nitrogens is 6. The standard InChI is InChI=1S/C13H15N7/c1-2-5-11(6-3-1)20-13(17-18-19-20)16-8-4-7-12-14-9-10-15-12/h1-3,5-6,9-10H,4,7-8H2,(H,14,15)(H,16,17,19). The number of aromatic amines is 1. The Morgan fingerprint density at radius 3 is 2.90 bits per heavy atom. The number of anilines is 1. The van der Waals surface area contributed by atoms with Crippen molar-refractivity contribution in [1.29, 1.82) is 0 Å². The van der Waals surface area contributed by atoms with Crippen molar-refractivity contribution in [3.8, 4) is 5.69 Å². The lowest BCUT2D eigenvalue weighted by Crippen LogP contribution is -2.09. The number of para-hydroxylation sites is 1. The van der Waals surface area contributed by atoms with Crippen LogP contribution in [0.4, 0.5) is 5.95 Å². The molecule has 7 heteroatoms. The van der Waals surface area contributed by atoms with Gasteiger partial charge in [0, 0.05) is 25.4 Å². The average molecular weight is 269 g/mol. The molecule has 0 amide bonds. The van der Waals surface area contributed by atoms with Crippen LogP contribution >= 0.6 is 0 Å². The highest BCUT2D eigenvalue weighted by molar-refractivity contribution is 5.38. The Balaban J connectivity index is 1.57. The van der Waals surface area contributed by atoms with Gasteiger partial charge in [0.05, 0.1) is 5.69 Å². The van der Waals surface area contributed by atoms with E-state index < -0.39 is 0 Å². The molecule has 3 rings (SSSR count). The predicted octanol–water partition coefficient (Wildman–Crippen LogP) is 1.43. The molecule has 0 radical (unpaired) electrons. The summed E-state index contributed by atoms with van der Waals surface area (Å²) < 4.78 is 1.69. The van der Waals surface area contributed by atoms with Crippen LogP contribution in [0.1, 0.15) is 12.2 Å². The van der Waals surface area contributed by atoms with Crippen LogP contribution in [0, 0.1) is 0 Å². The summed E-state index contributed by atoms with van der Waals surface area (Å²) in [5, 5.41) is 14.9. The third kappa shape index (κ3) is 2.82. The lowest BCUT2D eigenvalue weighted by molar-refractivity contribution is 0.780. The zero-order chi connectivity index (χ0) is 13.6. The number of nitrogens with one attached hydrogen (secondary N) is 2. The van der Waals surface area contributed by atoms with Crippen molar-refractivity contribution in [3.05, 3.63) is 48.5 Å². The van der Waals surface area contributed by atoms with E-state index in [1.165, 1.54) is 0 Å². The van der Waals surface area contributed by atoms with Gasteiger partial charge in [0.2, 0.25) is 5.95 Å². The number of aryl methyl sites for hydroxylation is 1. The second-order valence-electron chi connectivity index (χ2n) is 4.32. The molecule has 2 aromatic heterocycles. The molecule has 0 fully saturated rings. The summed E-state index contributed by atoms with van der Waals surface area (Å²) in [5.74, 6) is 1.64. The molecule has 0 saturated heterocycles. The Bertz CT molecular complexity index is 630. The maximum Gasteiger partial charge on any atom is 0.247 e. The number of hydrogen-bond acceptors (Lipinski definition) is 5. The van der Waals surface area contributed by atoms with Crippen LogP contribution in [0.5, 0.6) is 0 Å². The van der Waals surface area contributed by atoms with Crippen LogP contribution in [-0.4, -0.2) is 36.7 Å². The fraction of sp³-hybridized carbons (Fsp3) is 0.231. The number of hydrogen-bond donors (Lipinski definition) is 2. The van der Waals surface area contributed by atoms with E-state index in [-0.39, 0.29) is 0 Å². The van der Waals surface area contributed by atoms with Crippen molar-refractivity contribution < 1.29 is 0 Å². The van der Waals surface area contributed by atoms with Gasteiger partial charge in [-0.15, -0.1) is 0 Å². The second kappa shape index (κ2) is 5.96.